The second-order valence-electron chi connectivity index (χ2n) is 7.65. The van der Waals surface area contributed by atoms with Gasteiger partial charge in [-0.2, -0.15) is 0 Å². The van der Waals surface area contributed by atoms with E-state index in [0.29, 0.717) is 0 Å². The minimum absolute atomic E-state index is 0.837. The summed E-state index contributed by atoms with van der Waals surface area (Å²) in [6.45, 7) is 3.13. The Bertz CT molecular complexity index is 462. The van der Waals surface area contributed by atoms with Gasteiger partial charge >= 0.3 is 0 Å². The van der Waals surface area contributed by atoms with E-state index in [9.17, 15) is 0 Å². The predicted octanol–water partition coefficient (Wildman–Crippen LogP) is 9.34. The molecule has 1 rings (SSSR count). The number of benzene rings is 1. The third-order valence-electron chi connectivity index (χ3n) is 5.19. The second kappa shape index (κ2) is 18.0. The fourth-order valence-corrected chi connectivity index (χ4v) is 4.22. The molecule has 0 aliphatic carbocycles. The van der Waals surface area contributed by atoms with E-state index in [4.69, 9.17) is 4.74 Å². The third kappa shape index (κ3) is 12.9. The van der Waals surface area contributed by atoms with Crippen molar-refractivity contribution in [2.45, 2.75) is 107 Å². The summed E-state index contributed by atoms with van der Waals surface area (Å²) < 4.78 is 6.03. The summed E-state index contributed by atoms with van der Waals surface area (Å²) in [5.41, 5.74) is 2.51. The zero-order valence-corrected chi connectivity index (χ0v) is 20.6. The first-order valence-corrected chi connectivity index (χ1v) is 13.4. The molecule has 1 aromatic carbocycles. The van der Waals surface area contributed by atoms with Gasteiger partial charge in [0.15, 0.2) is 0 Å². The van der Waals surface area contributed by atoms with E-state index in [-0.39, 0.29) is 0 Å². The smallest absolute Gasteiger partial charge is 0.123 e. The predicted molar refractivity (Wildman–Crippen MR) is 128 cm³/mol. The number of ether oxygens (including phenoxy) is 1. The first-order valence-electron chi connectivity index (χ1n) is 11.2. The van der Waals surface area contributed by atoms with Crippen LogP contribution in [0, 0.1) is 0 Å². The van der Waals surface area contributed by atoms with Crippen LogP contribution in [0.1, 0.15) is 108 Å². The molecule has 0 heterocycles. The van der Waals surface area contributed by atoms with Crippen molar-refractivity contribution in [2.75, 3.05) is 6.61 Å². The van der Waals surface area contributed by atoms with E-state index in [0.717, 1.165) is 29.4 Å². The molecule has 1 aromatic rings. The number of unbranched alkanes of at least 4 members (excludes halogenated alkanes) is 13. The Morgan fingerprint density at radius 3 is 1.67 bits per heavy atom. The molecule has 0 aliphatic heterocycles. The standard InChI is InChI=1S/C24H40Br2O/c1-2-3-4-5-6-7-8-9-10-11-12-13-14-15-18-27-24-19-22(20-25)16-17-23(24)21-26/h16-17,19H,2-15,18,20-21H2,1H3. The van der Waals surface area contributed by atoms with Crippen LogP contribution in [0.2, 0.25) is 0 Å². The lowest BCUT2D eigenvalue weighted by atomic mass is 10.0. The Labute approximate surface area is 185 Å². The molecule has 0 amide bonds. The number of hydrogen-bond acceptors (Lipinski definition) is 1. The number of alkyl halides is 2. The molecule has 0 aromatic heterocycles. The molecule has 0 atom stereocenters. The van der Waals surface area contributed by atoms with E-state index in [1.807, 2.05) is 0 Å². The van der Waals surface area contributed by atoms with E-state index >= 15 is 0 Å². The van der Waals surface area contributed by atoms with Crippen molar-refractivity contribution in [3.8, 4) is 5.75 Å². The quantitative estimate of drug-likeness (QED) is 0.143. The van der Waals surface area contributed by atoms with Crippen LogP contribution in [0.15, 0.2) is 18.2 Å². The highest BCUT2D eigenvalue weighted by molar-refractivity contribution is 9.08. The highest BCUT2D eigenvalue weighted by Gasteiger charge is 2.04. The number of halogens is 2. The van der Waals surface area contributed by atoms with Gasteiger partial charge in [-0.1, -0.05) is 134 Å². The van der Waals surface area contributed by atoms with E-state index in [1.165, 1.54) is 94.6 Å². The molecular weight excluding hydrogens is 464 g/mol. The van der Waals surface area contributed by atoms with Crippen LogP contribution in [-0.2, 0) is 10.7 Å². The van der Waals surface area contributed by atoms with Crippen LogP contribution in [0.5, 0.6) is 5.75 Å². The van der Waals surface area contributed by atoms with E-state index in [1.54, 1.807) is 0 Å². The van der Waals surface area contributed by atoms with Crippen molar-refractivity contribution in [1.29, 1.82) is 0 Å². The van der Waals surface area contributed by atoms with Crippen LogP contribution < -0.4 is 4.74 Å². The lowest BCUT2D eigenvalue weighted by molar-refractivity contribution is 0.302. The van der Waals surface area contributed by atoms with Gasteiger partial charge < -0.3 is 4.74 Å². The highest BCUT2D eigenvalue weighted by Crippen LogP contribution is 2.24. The average molecular weight is 504 g/mol. The molecule has 0 radical (unpaired) electrons. The monoisotopic (exact) mass is 502 g/mol. The molecule has 0 aliphatic rings. The minimum Gasteiger partial charge on any atom is -0.493 e. The Kier molecular flexibility index (Phi) is 16.7. The van der Waals surface area contributed by atoms with Crippen molar-refractivity contribution in [1.82, 2.24) is 0 Å². The molecule has 1 nitrogen and oxygen atoms in total. The Morgan fingerprint density at radius 1 is 0.667 bits per heavy atom. The van der Waals surface area contributed by atoms with Crippen LogP contribution in [0.3, 0.4) is 0 Å². The Balaban J connectivity index is 1.92. The van der Waals surface area contributed by atoms with Gasteiger partial charge in [-0.15, -0.1) is 0 Å². The lowest BCUT2D eigenvalue weighted by Gasteiger charge is -2.11. The van der Waals surface area contributed by atoms with Crippen LogP contribution in [0.25, 0.3) is 0 Å². The van der Waals surface area contributed by atoms with Gasteiger partial charge in [0.2, 0.25) is 0 Å². The molecule has 0 spiro atoms. The van der Waals surface area contributed by atoms with E-state index in [2.05, 4.69) is 57.0 Å². The summed E-state index contributed by atoms with van der Waals surface area (Å²) in [7, 11) is 0. The molecule has 3 heteroatoms. The summed E-state index contributed by atoms with van der Waals surface area (Å²) >= 11 is 7.07. The summed E-state index contributed by atoms with van der Waals surface area (Å²) in [5, 5.41) is 1.73. The van der Waals surface area contributed by atoms with Crippen molar-refractivity contribution in [2.24, 2.45) is 0 Å². The maximum atomic E-state index is 6.03. The third-order valence-corrected chi connectivity index (χ3v) is 6.44. The van der Waals surface area contributed by atoms with Crippen molar-refractivity contribution in [3.63, 3.8) is 0 Å². The van der Waals surface area contributed by atoms with Crippen LogP contribution in [0.4, 0.5) is 0 Å². The zero-order valence-electron chi connectivity index (χ0n) is 17.4. The maximum absolute atomic E-state index is 6.03. The lowest BCUT2D eigenvalue weighted by Crippen LogP contribution is -2.00. The average Bonchev–Trinajstić information content (AvgIpc) is 2.70. The summed E-state index contributed by atoms with van der Waals surface area (Å²) in [6, 6.07) is 6.48. The second-order valence-corrected chi connectivity index (χ2v) is 8.78. The van der Waals surface area contributed by atoms with Gasteiger partial charge in [-0.05, 0) is 18.1 Å². The molecule has 0 unspecified atom stereocenters. The summed E-state index contributed by atoms with van der Waals surface area (Å²) in [5.74, 6) is 1.04. The molecule has 0 bridgehead atoms. The van der Waals surface area contributed by atoms with Gasteiger partial charge in [-0.3, -0.25) is 0 Å². The molecule has 0 N–H and O–H groups in total. The molecule has 0 saturated heterocycles. The fourth-order valence-electron chi connectivity index (χ4n) is 3.41. The Hall–Kier alpha value is -0.0200. The Morgan fingerprint density at radius 2 is 1.19 bits per heavy atom. The summed E-state index contributed by atoms with van der Waals surface area (Å²) in [6.07, 6.45) is 19.5. The molecule has 156 valence electrons. The first-order chi connectivity index (χ1) is 13.3. The van der Waals surface area contributed by atoms with Gasteiger partial charge in [0.25, 0.3) is 0 Å². The van der Waals surface area contributed by atoms with Crippen LogP contribution >= 0.6 is 31.9 Å². The number of rotatable bonds is 18. The van der Waals surface area contributed by atoms with Gasteiger partial charge in [-0.25, -0.2) is 0 Å². The molecular formula is C24H40Br2O. The van der Waals surface area contributed by atoms with Crippen LogP contribution in [-0.4, -0.2) is 6.61 Å². The van der Waals surface area contributed by atoms with Gasteiger partial charge in [0.1, 0.15) is 5.75 Å². The van der Waals surface area contributed by atoms with Crippen molar-refractivity contribution in [3.05, 3.63) is 29.3 Å². The van der Waals surface area contributed by atoms with Gasteiger partial charge in [0, 0.05) is 16.2 Å². The normalized spacial score (nSPS) is 11.1. The topological polar surface area (TPSA) is 9.23 Å². The van der Waals surface area contributed by atoms with Crippen molar-refractivity contribution < 1.29 is 4.74 Å². The number of hydrogen-bond donors (Lipinski definition) is 0. The SMILES string of the molecule is CCCCCCCCCCCCCCCCOc1cc(CBr)ccc1CBr. The van der Waals surface area contributed by atoms with Crippen molar-refractivity contribution >= 4 is 31.9 Å². The molecule has 0 fully saturated rings. The summed E-state index contributed by atoms with van der Waals surface area (Å²) in [4.78, 5) is 0. The first kappa shape index (κ1) is 25.0. The highest BCUT2D eigenvalue weighted by atomic mass is 79.9. The van der Waals surface area contributed by atoms with Gasteiger partial charge in [0.05, 0.1) is 6.61 Å². The fraction of sp³-hybridized carbons (Fsp3) is 0.750. The minimum atomic E-state index is 0.837. The molecule has 27 heavy (non-hydrogen) atoms. The zero-order chi connectivity index (χ0) is 19.6. The largest absolute Gasteiger partial charge is 0.493 e. The molecule has 0 saturated carbocycles. The maximum Gasteiger partial charge on any atom is 0.123 e. The van der Waals surface area contributed by atoms with E-state index < -0.39 is 0 Å².